The van der Waals surface area contributed by atoms with Crippen molar-refractivity contribution in [2.75, 3.05) is 11.1 Å². The van der Waals surface area contributed by atoms with Crippen LogP contribution in [0.25, 0.3) is 0 Å². The topological polar surface area (TPSA) is 61.8 Å². The van der Waals surface area contributed by atoms with Crippen LogP contribution in [0.15, 0.2) is 36.4 Å². The van der Waals surface area contributed by atoms with E-state index in [-0.39, 0.29) is 0 Å². The predicted octanol–water partition coefficient (Wildman–Crippen LogP) is 4.19. The van der Waals surface area contributed by atoms with Crippen LogP contribution < -0.4 is 11.1 Å². The third-order valence-electron chi connectivity index (χ3n) is 2.36. The summed E-state index contributed by atoms with van der Waals surface area (Å²) in [6, 6.07) is 12.1. The van der Waals surface area contributed by atoms with Crippen LogP contribution in [0, 0.1) is 11.3 Å². The molecule has 0 bridgehead atoms. The van der Waals surface area contributed by atoms with Crippen molar-refractivity contribution in [3.05, 3.63) is 52.0 Å². The Morgan fingerprint density at radius 2 is 1.83 bits per heavy atom. The average molecular weight is 278 g/mol. The van der Waals surface area contributed by atoms with Crippen molar-refractivity contribution in [2.45, 2.75) is 0 Å². The van der Waals surface area contributed by atoms with E-state index in [0.717, 1.165) is 0 Å². The summed E-state index contributed by atoms with van der Waals surface area (Å²) in [6.45, 7) is 0. The molecule has 0 unspecified atom stereocenters. The number of nitrogens with two attached hydrogens (primary N) is 1. The van der Waals surface area contributed by atoms with Crippen molar-refractivity contribution < 1.29 is 0 Å². The molecule has 2 aromatic rings. The van der Waals surface area contributed by atoms with E-state index in [9.17, 15) is 0 Å². The summed E-state index contributed by atoms with van der Waals surface area (Å²) >= 11 is 12.0. The molecule has 0 fully saturated rings. The molecule has 0 heterocycles. The van der Waals surface area contributed by atoms with Crippen LogP contribution >= 0.6 is 23.2 Å². The minimum Gasteiger partial charge on any atom is -0.399 e. The summed E-state index contributed by atoms with van der Waals surface area (Å²) < 4.78 is 0. The molecule has 0 saturated heterocycles. The number of nitrogens with zero attached hydrogens (tertiary/aromatic N) is 1. The highest BCUT2D eigenvalue weighted by Gasteiger charge is 2.06. The van der Waals surface area contributed by atoms with E-state index in [1.54, 1.807) is 36.4 Å². The number of nitrogen functional groups attached to an aromatic ring is 1. The Morgan fingerprint density at radius 1 is 1.06 bits per heavy atom. The zero-order valence-corrected chi connectivity index (χ0v) is 10.8. The molecule has 3 nitrogen and oxygen atoms in total. The molecule has 18 heavy (non-hydrogen) atoms. The first-order chi connectivity index (χ1) is 8.60. The number of halogens is 2. The van der Waals surface area contributed by atoms with E-state index >= 15 is 0 Å². The first kappa shape index (κ1) is 12.6. The van der Waals surface area contributed by atoms with Gasteiger partial charge in [-0.3, -0.25) is 0 Å². The maximum absolute atomic E-state index is 9.02. The predicted molar refractivity (Wildman–Crippen MR) is 75.3 cm³/mol. The molecular formula is C13H9Cl2N3. The zero-order chi connectivity index (χ0) is 13.1. The molecule has 0 radical (unpaired) electrons. The molecule has 0 aliphatic carbocycles. The number of anilines is 3. The molecule has 90 valence electrons. The molecule has 0 atom stereocenters. The van der Waals surface area contributed by atoms with Gasteiger partial charge < -0.3 is 11.1 Å². The Bertz CT molecular complexity index is 633. The van der Waals surface area contributed by atoms with Gasteiger partial charge in [0, 0.05) is 10.7 Å². The minimum atomic E-state index is 0.484. The molecule has 0 aliphatic heterocycles. The van der Waals surface area contributed by atoms with E-state index < -0.39 is 0 Å². The molecule has 2 rings (SSSR count). The first-order valence-corrected chi connectivity index (χ1v) is 5.87. The van der Waals surface area contributed by atoms with Crippen molar-refractivity contribution in [3.8, 4) is 6.07 Å². The number of rotatable bonds is 2. The molecule has 0 amide bonds. The van der Waals surface area contributed by atoms with Crippen molar-refractivity contribution in [1.82, 2.24) is 0 Å². The van der Waals surface area contributed by atoms with Crippen molar-refractivity contribution in [1.29, 1.82) is 5.26 Å². The standard InChI is InChI=1S/C13H9Cl2N3/c14-9-2-1-8(7-16)12(5-9)18-13-6-10(17)3-4-11(13)15/h1-6,18H,17H2. The van der Waals surface area contributed by atoms with Gasteiger partial charge in [-0.1, -0.05) is 23.2 Å². The van der Waals surface area contributed by atoms with Crippen LogP contribution in [-0.4, -0.2) is 0 Å². The van der Waals surface area contributed by atoms with Gasteiger partial charge in [0.2, 0.25) is 0 Å². The van der Waals surface area contributed by atoms with E-state index in [1.807, 2.05) is 0 Å². The van der Waals surface area contributed by atoms with Gasteiger partial charge >= 0.3 is 0 Å². The fourth-order valence-electron chi connectivity index (χ4n) is 1.50. The number of benzene rings is 2. The smallest absolute Gasteiger partial charge is 0.101 e. The molecule has 0 aliphatic rings. The van der Waals surface area contributed by atoms with E-state index in [0.29, 0.717) is 32.7 Å². The second-order valence-corrected chi connectivity index (χ2v) is 4.51. The molecule has 3 N–H and O–H groups in total. The summed E-state index contributed by atoms with van der Waals surface area (Å²) in [7, 11) is 0. The van der Waals surface area contributed by atoms with Gasteiger partial charge in [0.15, 0.2) is 0 Å². The van der Waals surface area contributed by atoms with Gasteiger partial charge in [-0.2, -0.15) is 5.26 Å². The highest BCUT2D eigenvalue weighted by Crippen LogP contribution is 2.30. The number of hydrogen-bond acceptors (Lipinski definition) is 3. The Hall–Kier alpha value is -1.89. The van der Waals surface area contributed by atoms with Crippen LogP contribution in [0.5, 0.6) is 0 Å². The normalized spacial score (nSPS) is 9.83. The zero-order valence-electron chi connectivity index (χ0n) is 9.24. The summed E-state index contributed by atoms with van der Waals surface area (Å²) in [6.07, 6.45) is 0. The fourth-order valence-corrected chi connectivity index (χ4v) is 1.84. The molecular weight excluding hydrogens is 269 g/mol. The molecule has 0 spiro atoms. The van der Waals surface area contributed by atoms with Gasteiger partial charge in [-0.05, 0) is 36.4 Å². The Labute approximate surface area is 115 Å². The lowest BCUT2D eigenvalue weighted by Crippen LogP contribution is -1.96. The first-order valence-electron chi connectivity index (χ1n) is 5.12. The Kier molecular flexibility index (Phi) is 3.61. The van der Waals surface area contributed by atoms with Crippen LogP contribution in [0.1, 0.15) is 5.56 Å². The largest absolute Gasteiger partial charge is 0.399 e. The van der Waals surface area contributed by atoms with Gasteiger partial charge in [-0.25, -0.2) is 0 Å². The van der Waals surface area contributed by atoms with Gasteiger partial charge in [-0.15, -0.1) is 0 Å². The van der Waals surface area contributed by atoms with Gasteiger partial charge in [0.25, 0.3) is 0 Å². The Morgan fingerprint density at radius 3 is 2.56 bits per heavy atom. The molecule has 0 saturated carbocycles. The Balaban J connectivity index is 2.43. The second kappa shape index (κ2) is 5.18. The molecule has 0 aromatic heterocycles. The average Bonchev–Trinajstić information content (AvgIpc) is 2.34. The molecule has 2 aromatic carbocycles. The number of nitrogens with one attached hydrogen (secondary N) is 1. The van der Waals surface area contributed by atoms with Gasteiger partial charge in [0.05, 0.1) is 22.0 Å². The summed E-state index contributed by atoms with van der Waals surface area (Å²) in [4.78, 5) is 0. The lowest BCUT2D eigenvalue weighted by atomic mass is 10.2. The van der Waals surface area contributed by atoms with E-state index in [4.69, 9.17) is 34.2 Å². The lowest BCUT2D eigenvalue weighted by Gasteiger charge is -2.11. The van der Waals surface area contributed by atoms with E-state index in [1.165, 1.54) is 0 Å². The van der Waals surface area contributed by atoms with Crippen molar-refractivity contribution in [2.24, 2.45) is 0 Å². The van der Waals surface area contributed by atoms with Gasteiger partial charge in [0.1, 0.15) is 6.07 Å². The van der Waals surface area contributed by atoms with Crippen LogP contribution in [0.2, 0.25) is 10.0 Å². The maximum atomic E-state index is 9.02. The maximum Gasteiger partial charge on any atom is 0.101 e. The molecule has 5 heteroatoms. The van der Waals surface area contributed by atoms with Crippen molar-refractivity contribution in [3.63, 3.8) is 0 Å². The number of hydrogen-bond donors (Lipinski definition) is 2. The number of nitriles is 1. The SMILES string of the molecule is N#Cc1ccc(Cl)cc1Nc1cc(N)ccc1Cl. The van der Waals surface area contributed by atoms with Crippen molar-refractivity contribution >= 4 is 40.3 Å². The second-order valence-electron chi connectivity index (χ2n) is 3.67. The third-order valence-corrected chi connectivity index (χ3v) is 2.93. The summed E-state index contributed by atoms with van der Waals surface area (Å²) in [5.74, 6) is 0. The monoisotopic (exact) mass is 277 g/mol. The van der Waals surface area contributed by atoms with E-state index in [2.05, 4.69) is 11.4 Å². The van der Waals surface area contributed by atoms with Crippen LogP contribution in [0.4, 0.5) is 17.1 Å². The summed E-state index contributed by atoms with van der Waals surface area (Å²) in [5.41, 5.74) is 7.99. The van der Waals surface area contributed by atoms with Crippen LogP contribution in [0.3, 0.4) is 0 Å². The lowest BCUT2D eigenvalue weighted by molar-refractivity contribution is 1.46. The van der Waals surface area contributed by atoms with Crippen LogP contribution in [-0.2, 0) is 0 Å². The summed E-state index contributed by atoms with van der Waals surface area (Å²) in [5, 5.41) is 13.1. The highest BCUT2D eigenvalue weighted by molar-refractivity contribution is 6.33. The highest BCUT2D eigenvalue weighted by atomic mass is 35.5. The minimum absolute atomic E-state index is 0.484. The fraction of sp³-hybridized carbons (Fsp3) is 0. The third kappa shape index (κ3) is 2.67. The quantitative estimate of drug-likeness (QED) is 0.809.